The Kier molecular flexibility index (Phi) is 1.70. The van der Waals surface area contributed by atoms with Crippen molar-refractivity contribution in [2.45, 2.75) is 18.9 Å². The van der Waals surface area contributed by atoms with Crippen LogP contribution in [0.5, 0.6) is 0 Å². The highest BCUT2D eigenvalue weighted by Crippen LogP contribution is 2.19. The van der Waals surface area contributed by atoms with Gasteiger partial charge in [0.05, 0.1) is 0 Å². The molecule has 0 spiro atoms. The highest BCUT2D eigenvalue weighted by molar-refractivity contribution is 6.04. The second-order valence-corrected chi connectivity index (χ2v) is 3.33. The van der Waals surface area contributed by atoms with Crippen LogP contribution in [0.15, 0.2) is 0 Å². The molecular formula is C7H13BN2. The first-order valence-electron chi connectivity index (χ1n) is 4.10. The van der Waals surface area contributed by atoms with Gasteiger partial charge in [-0.15, -0.1) is 0 Å². The summed E-state index contributed by atoms with van der Waals surface area (Å²) in [5.74, 6) is 0. The predicted octanol–water partition coefficient (Wildman–Crippen LogP) is -0.150. The zero-order valence-corrected chi connectivity index (χ0v) is 6.29. The minimum absolute atomic E-state index is 0.777. The lowest BCUT2D eigenvalue weighted by atomic mass is 10.1. The van der Waals surface area contributed by atoms with E-state index in [1.807, 2.05) is 4.81 Å². The van der Waals surface area contributed by atoms with Gasteiger partial charge in [-0.3, -0.25) is 4.90 Å². The Bertz CT molecular complexity index is 129. The standard InChI is InChI=1S/C7H13BN2/c8-10-5-4-9-3-1-2-7(9)6-10/h7H,1-6H2/t7-/m1/s1. The van der Waals surface area contributed by atoms with Gasteiger partial charge in [0.2, 0.25) is 0 Å². The Morgan fingerprint density at radius 3 is 3.00 bits per heavy atom. The van der Waals surface area contributed by atoms with Gasteiger partial charge in [0, 0.05) is 19.1 Å². The maximum atomic E-state index is 5.70. The van der Waals surface area contributed by atoms with Crippen molar-refractivity contribution >= 4 is 7.98 Å². The molecule has 1 atom stereocenters. The summed E-state index contributed by atoms with van der Waals surface area (Å²) in [6.07, 6.45) is 2.73. The summed E-state index contributed by atoms with van der Waals surface area (Å²) in [6, 6.07) is 0.777. The van der Waals surface area contributed by atoms with Crippen molar-refractivity contribution < 1.29 is 0 Å². The number of hydrogen-bond acceptors (Lipinski definition) is 2. The molecule has 2 fully saturated rings. The summed E-state index contributed by atoms with van der Waals surface area (Å²) in [4.78, 5) is 4.51. The van der Waals surface area contributed by atoms with Crippen molar-refractivity contribution in [3.8, 4) is 0 Å². The molecule has 3 heteroatoms. The largest absolute Gasteiger partial charge is 0.351 e. The van der Waals surface area contributed by atoms with E-state index in [1.54, 1.807) is 0 Å². The molecule has 2 saturated heterocycles. The molecule has 10 heavy (non-hydrogen) atoms. The Morgan fingerprint density at radius 2 is 2.10 bits per heavy atom. The van der Waals surface area contributed by atoms with Gasteiger partial charge in [0.15, 0.2) is 7.98 Å². The molecule has 0 aromatic heterocycles. The fraction of sp³-hybridized carbons (Fsp3) is 1.00. The highest BCUT2D eigenvalue weighted by atomic mass is 15.3. The van der Waals surface area contributed by atoms with Crippen LogP contribution in [0.3, 0.4) is 0 Å². The van der Waals surface area contributed by atoms with Gasteiger partial charge in [0.25, 0.3) is 0 Å². The fourth-order valence-electron chi connectivity index (χ4n) is 2.02. The summed E-state index contributed by atoms with van der Waals surface area (Å²) in [5.41, 5.74) is 0. The molecule has 0 bridgehead atoms. The molecule has 0 aromatic carbocycles. The quantitative estimate of drug-likeness (QED) is 0.427. The Balaban J connectivity index is 1.96. The lowest BCUT2D eigenvalue weighted by molar-refractivity contribution is 0.161. The summed E-state index contributed by atoms with van der Waals surface area (Å²) >= 11 is 0. The third-order valence-electron chi connectivity index (χ3n) is 2.62. The van der Waals surface area contributed by atoms with E-state index in [9.17, 15) is 0 Å². The predicted molar refractivity (Wildman–Crippen MR) is 41.9 cm³/mol. The smallest absolute Gasteiger partial charge is 0.182 e. The molecule has 0 aliphatic carbocycles. The van der Waals surface area contributed by atoms with Gasteiger partial charge in [-0.05, 0) is 25.9 Å². The van der Waals surface area contributed by atoms with E-state index in [1.165, 1.54) is 25.9 Å². The van der Waals surface area contributed by atoms with Crippen LogP contribution < -0.4 is 0 Å². The first kappa shape index (κ1) is 6.68. The number of rotatable bonds is 0. The first-order chi connectivity index (χ1) is 4.86. The van der Waals surface area contributed by atoms with Crippen LogP contribution >= 0.6 is 0 Å². The lowest BCUT2D eigenvalue weighted by Crippen LogP contribution is -2.48. The third-order valence-corrected chi connectivity index (χ3v) is 2.62. The van der Waals surface area contributed by atoms with E-state index in [2.05, 4.69) is 4.90 Å². The topological polar surface area (TPSA) is 6.48 Å². The van der Waals surface area contributed by atoms with E-state index in [0.717, 1.165) is 19.1 Å². The van der Waals surface area contributed by atoms with Gasteiger partial charge >= 0.3 is 0 Å². The van der Waals surface area contributed by atoms with E-state index < -0.39 is 0 Å². The maximum absolute atomic E-state index is 5.70. The molecule has 0 amide bonds. The maximum Gasteiger partial charge on any atom is 0.182 e. The van der Waals surface area contributed by atoms with Crippen molar-refractivity contribution in [1.29, 1.82) is 0 Å². The molecule has 2 aliphatic heterocycles. The second-order valence-electron chi connectivity index (χ2n) is 3.33. The van der Waals surface area contributed by atoms with Crippen LogP contribution in [0, 0.1) is 0 Å². The molecule has 2 aliphatic rings. The normalized spacial score (nSPS) is 36.2. The fourth-order valence-corrected chi connectivity index (χ4v) is 2.02. The van der Waals surface area contributed by atoms with E-state index in [-0.39, 0.29) is 0 Å². The zero-order valence-electron chi connectivity index (χ0n) is 6.29. The van der Waals surface area contributed by atoms with Crippen LogP contribution in [0.1, 0.15) is 12.8 Å². The van der Waals surface area contributed by atoms with Crippen LogP contribution in [0.2, 0.25) is 0 Å². The number of hydrogen-bond donors (Lipinski definition) is 0. The summed E-state index contributed by atoms with van der Waals surface area (Å²) in [5, 5.41) is 0. The Hall–Kier alpha value is -0.0151. The van der Waals surface area contributed by atoms with Crippen LogP contribution in [0.25, 0.3) is 0 Å². The molecule has 2 heterocycles. The SMILES string of the molecule is [B]N1CCN2CCC[C@@H]2C1. The molecule has 54 valence electrons. The molecule has 2 nitrogen and oxygen atoms in total. The summed E-state index contributed by atoms with van der Waals surface area (Å²) in [6.45, 7) is 4.62. The van der Waals surface area contributed by atoms with Gasteiger partial charge in [-0.25, -0.2) is 0 Å². The van der Waals surface area contributed by atoms with Crippen molar-refractivity contribution in [3.63, 3.8) is 0 Å². The highest BCUT2D eigenvalue weighted by Gasteiger charge is 2.28. The molecule has 0 saturated carbocycles. The van der Waals surface area contributed by atoms with Crippen LogP contribution in [-0.4, -0.2) is 49.9 Å². The minimum Gasteiger partial charge on any atom is -0.351 e. The average molecular weight is 136 g/mol. The van der Waals surface area contributed by atoms with Crippen molar-refractivity contribution in [3.05, 3.63) is 0 Å². The minimum atomic E-state index is 0.777. The summed E-state index contributed by atoms with van der Waals surface area (Å²) in [7, 11) is 5.70. The molecule has 0 N–H and O–H groups in total. The van der Waals surface area contributed by atoms with Crippen molar-refractivity contribution in [2.75, 3.05) is 26.2 Å². The van der Waals surface area contributed by atoms with Gasteiger partial charge in [-0.1, -0.05) is 0 Å². The van der Waals surface area contributed by atoms with Gasteiger partial charge < -0.3 is 4.81 Å². The molecule has 0 unspecified atom stereocenters. The first-order valence-corrected chi connectivity index (χ1v) is 4.10. The average Bonchev–Trinajstić information content (AvgIpc) is 2.33. The molecule has 2 rings (SSSR count). The summed E-state index contributed by atoms with van der Waals surface area (Å²) < 4.78 is 0. The van der Waals surface area contributed by atoms with E-state index >= 15 is 0 Å². The van der Waals surface area contributed by atoms with Crippen molar-refractivity contribution in [2.24, 2.45) is 0 Å². The van der Waals surface area contributed by atoms with E-state index in [0.29, 0.717) is 0 Å². The molecule has 0 aromatic rings. The monoisotopic (exact) mass is 136 g/mol. The number of nitrogens with zero attached hydrogens (tertiary/aromatic N) is 2. The number of fused-ring (bicyclic) bond motifs is 1. The van der Waals surface area contributed by atoms with Crippen molar-refractivity contribution in [1.82, 2.24) is 9.71 Å². The number of piperazine rings is 1. The molecule has 2 radical (unpaired) electrons. The second kappa shape index (κ2) is 2.55. The van der Waals surface area contributed by atoms with Crippen LogP contribution in [0.4, 0.5) is 0 Å². The Labute approximate surface area is 63.6 Å². The van der Waals surface area contributed by atoms with Gasteiger partial charge in [-0.2, -0.15) is 0 Å². The Morgan fingerprint density at radius 1 is 1.20 bits per heavy atom. The van der Waals surface area contributed by atoms with E-state index in [4.69, 9.17) is 7.98 Å². The molecular weight excluding hydrogens is 123 g/mol. The zero-order chi connectivity index (χ0) is 6.97. The third kappa shape index (κ3) is 1.08. The lowest BCUT2D eigenvalue weighted by Gasteiger charge is -2.35. The van der Waals surface area contributed by atoms with Gasteiger partial charge in [0.1, 0.15) is 0 Å². The van der Waals surface area contributed by atoms with Crippen LogP contribution in [-0.2, 0) is 0 Å².